The molecule has 2 N–H and O–H groups in total. The Labute approximate surface area is 202 Å². The van der Waals surface area contributed by atoms with E-state index in [1.54, 1.807) is 30.3 Å². The number of halogens is 1. The molecule has 0 saturated carbocycles. The fourth-order valence-electron chi connectivity index (χ4n) is 3.99. The largest absolute Gasteiger partial charge is 0.508 e. The van der Waals surface area contributed by atoms with E-state index >= 15 is 0 Å². The van der Waals surface area contributed by atoms with Gasteiger partial charge in [0.2, 0.25) is 5.75 Å². The van der Waals surface area contributed by atoms with E-state index in [4.69, 9.17) is 25.8 Å². The van der Waals surface area contributed by atoms with Gasteiger partial charge in [0, 0.05) is 16.1 Å². The normalized spacial score (nSPS) is 11.6. The third-order valence-corrected chi connectivity index (χ3v) is 5.89. The first-order chi connectivity index (χ1) is 16.5. The van der Waals surface area contributed by atoms with Gasteiger partial charge in [0.1, 0.15) is 5.75 Å². The SMILES string of the molecule is COc1cc(C(=O)N[C@@H](c2ccc(Cl)cc2)c2c(O)ccc3ccccc23)cc(OC)c1OC. The highest BCUT2D eigenvalue weighted by Crippen LogP contribution is 2.39. The van der Waals surface area contributed by atoms with Crippen LogP contribution < -0.4 is 19.5 Å². The molecular formula is C27H24ClNO5. The Kier molecular flexibility index (Phi) is 6.80. The van der Waals surface area contributed by atoms with E-state index < -0.39 is 6.04 Å². The third-order valence-electron chi connectivity index (χ3n) is 5.64. The van der Waals surface area contributed by atoms with Crippen LogP contribution in [0.25, 0.3) is 10.8 Å². The van der Waals surface area contributed by atoms with Gasteiger partial charge in [-0.1, -0.05) is 54.1 Å². The number of benzene rings is 4. The first-order valence-corrected chi connectivity index (χ1v) is 10.9. The van der Waals surface area contributed by atoms with Gasteiger partial charge in [-0.05, 0) is 46.7 Å². The van der Waals surface area contributed by atoms with Crippen molar-refractivity contribution in [2.75, 3.05) is 21.3 Å². The number of hydrogen-bond acceptors (Lipinski definition) is 5. The summed E-state index contributed by atoms with van der Waals surface area (Å²) in [5, 5.41) is 16.3. The Hall–Kier alpha value is -3.90. The third kappa shape index (κ3) is 4.45. The number of methoxy groups -OCH3 is 3. The highest BCUT2D eigenvalue weighted by molar-refractivity contribution is 6.30. The molecule has 7 heteroatoms. The summed E-state index contributed by atoms with van der Waals surface area (Å²) in [4.78, 5) is 13.5. The average molecular weight is 478 g/mol. The number of hydrogen-bond donors (Lipinski definition) is 2. The van der Waals surface area contributed by atoms with Gasteiger partial charge in [-0.25, -0.2) is 0 Å². The quantitative estimate of drug-likeness (QED) is 0.354. The lowest BCUT2D eigenvalue weighted by atomic mass is 9.92. The van der Waals surface area contributed by atoms with Gasteiger partial charge in [-0.15, -0.1) is 0 Å². The van der Waals surface area contributed by atoms with E-state index in [1.165, 1.54) is 21.3 Å². The first-order valence-electron chi connectivity index (χ1n) is 10.5. The molecule has 0 aliphatic heterocycles. The first kappa shape index (κ1) is 23.3. The summed E-state index contributed by atoms with van der Waals surface area (Å²) in [7, 11) is 4.48. The van der Waals surface area contributed by atoms with Gasteiger partial charge >= 0.3 is 0 Å². The lowest BCUT2D eigenvalue weighted by molar-refractivity contribution is 0.0942. The molecule has 0 bridgehead atoms. The molecule has 4 aromatic rings. The van der Waals surface area contributed by atoms with E-state index in [9.17, 15) is 9.90 Å². The fourth-order valence-corrected chi connectivity index (χ4v) is 4.12. The number of fused-ring (bicyclic) bond motifs is 1. The Balaban J connectivity index is 1.84. The summed E-state index contributed by atoms with van der Waals surface area (Å²) in [6.45, 7) is 0. The molecule has 0 heterocycles. The summed E-state index contributed by atoms with van der Waals surface area (Å²) in [5.41, 5.74) is 1.66. The predicted octanol–water partition coefficient (Wildman–Crippen LogP) is 5.74. The molecule has 1 atom stereocenters. The smallest absolute Gasteiger partial charge is 0.252 e. The number of ether oxygens (including phenoxy) is 3. The fraction of sp³-hybridized carbons (Fsp3) is 0.148. The van der Waals surface area contributed by atoms with E-state index in [0.717, 1.165) is 16.3 Å². The number of phenols is 1. The second-order valence-electron chi connectivity index (χ2n) is 7.59. The summed E-state index contributed by atoms with van der Waals surface area (Å²) in [6, 6.07) is 20.8. The molecule has 4 aromatic carbocycles. The molecule has 0 radical (unpaired) electrons. The Morgan fingerprint density at radius 3 is 2.15 bits per heavy atom. The molecule has 0 saturated heterocycles. The minimum absolute atomic E-state index is 0.0730. The van der Waals surface area contributed by atoms with Gasteiger partial charge in [0.05, 0.1) is 27.4 Å². The average Bonchev–Trinajstić information content (AvgIpc) is 2.87. The minimum atomic E-state index is -0.657. The maximum atomic E-state index is 13.5. The number of aromatic hydroxyl groups is 1. The summed E-state index contributed by atoms with van der Waals surface area (Å²) >= 11 is 6.11. The van der Waals surface area contributed by atoms with Crippen molar-refractivity contribution in [3.05, 3.63) is 94.5 Å². The topological polar surface area (TPSA) is 77.0 Å². The molecule has 0 aromatic heterocycles. The molecule has 4 rings (SSSR count). The van der Waals surface area contributed by atoms with Crippen molar-refractivity contribution in [3.63, 3.8) is 0 Å². The van der Waals surface area contributed by atoms with Crippen LogP contribution in [0.2, 0.25) is 5.02 Å². The Bertz CT molecular complexity index is 1310. The Morgan fingerprint density at radius 2 is 1.53 bits per heavy atom. The summed E-state index contributed by atoms with van der Waals surface area (Å²) in [6.07, 6.45) is 0. The van der Waals surface area contributed by atoms with Crippen LogP contribution in [-0.4, -0.2) is 32.3 Å². The molecular weight excluding hydrogens is 454 g/mol. The predicted molar refractivity (Wildman–Crippen MR) is 132 cm³/mol. The second-order valence-corrected chi connectivity index (χ2v) is 8.03. The lowest BCUT2D eigenvalue weighted by Crippen LogP contribution is -2.29. The molecule has 34 heavy (non-hydrogen) atoms. The molecule has 0 fully saturated rings. The van der Waals surface area contributed by atoms with E-state index in [-0.39, 0.29) is 11.7 Å². The highest BCUT2D eigenvalue weighted by atomic mass is 35.5. The second kappa shape index (κ2) is 9.93. The maximum Gasteiger partial charge on any atom is 0.252 e. The molecule has 1 amide bonds. The van der Waals surface area contributed by atoms with Crippen molar-refractivity contribution in [3.8, 4) is 23.0 Å². The van der Waals surface area contributed by atoms with Crippen molar-refractivity contribution in [2.24, 2.45) is 0 Å². The van der Waals surface area contributed by atoms with Crippen LogP contribution in [0.1, 0.15) is 27.5 Å². The van der Waals surface area contributed by atoms with Gasteiger partial charge in [0.15, 0.2) is 11.5 Å². The minimum Gasteiger partial charge on any atom is -0.508 e. The highest BCUT2D eigenvalue weighted by Gasteiger charge is 2.25. The summed E-state index contributed by atoms with van der Waals surface area (Å²) in [5.74, 6) is 0.809. The van der Waals surface area contributed by atoms with Gasteiger partial charge < -0.3 is 24.6 Å². The summed E-state index contributed by atoms with van der Waals surface area (Å²) < 4.78 is 16.1. The standard InChI is InChI=1S/C27H24ClNO5/c1-32-22-14-18(15-23(33-2)26(22)34-3)27(31)29-25(17-8-11-19(28)12-9-17)24-20-7-5-4-6-16(20)10-13-21(24)30/h4-15,25,30H,1-3H3,(H,29,31)/t25-/m0/s1. The van der Waals surface area contributed by atoms with Gasteiger partial charge in [0.25, 0.3) is 5.91 Å². The van der Waals surface area contributed by atoms with E-state index in [1.807, 2.05) is 42.5 Å². The molecule has 6 nitrogen and oxygen atoms in total. The Morgan fingerprint density at radius 1 is 0.882 bits per heavy atom. The van der Waals surface area contributed by atoms with Crippen molar-refractivity contribution < 1.29 is 24.1 Å². The zero-order valence-corrected chi connectivity index (χ0v) is 19.7. The molecule has 0 aliphatic rings. The van der Waals surface area contributed by atoms with Crippen LogP contribution in [0.15, 0.2) is 72.8 Å². The maximum absolute atomic E-state index is 13.5. The van der Waals surface area contributed by atoms with Crippen LogP contribution in [0.5, 0.6) is 23.0 Å². The van der Waals surface area contributed by atoms with Gasteiger partial charge in [-0.3, -0.25) is 4.79 Å². The number of amides is 1. The van der Waals surface area contributed by atoms with Gasteiger partial charge in [-0.2, -0.15) is 0 Å². The van der Waals surface area contributed by atoms with Crippen molar-refractivity contribution in [1.29, 1.82) is 0 Å². The molecule has 174 valence electrons. The molecule has 0 unspecified atom stereocenters. The van der Waals surface area contributed by atoms with Crippen molar-refractivity contribution >= 4 is 28.3 Å². The van der Waals surface area contributed by atoms with E-state index in [0.29, 0.717) is 33.4 Å². The van der Waals surface area contributed by atoms with Crippen LogP contribution >= 0.6 is 11.6 Å². The van der Waals surface area contributed by atoms with E-state index in [2.05, 4.69) is 5.32 Å². The zero-order chi connectivity index (χ0) is 24.2. The lowest BCUT2D eigenvalue weighted by Gasteiger charge is -2.23. The number of carbonyl (C=O) groups excluding carboxylic acids is 1. The van der Waals surface area contributed by atoms with Crippen LogP contribution in [0.4, 0.5) is 0 Å². The van der Waals surface area contributed by atoms with Crippen LogP contribution in [-0.2, 0) is 0 Å². The number of rotatable bonds is 7. The van der Waals surface area contributed by atoms with Crippen LogP contribution in [0.3, 0.4) is 0 Å². The monoisotopic (exact) mass is 477 g/mol. The number of carbonyl (C=O) groups is 1. The molecule has 0 spiro atoms. The zero-order valence-electron chi connectivity index (χ0n) is 19.0. The molecule has 0 aliphatic carbocycles. The van der Waals surface area contributed by atoms with Crippen molar-refractivity contribution in [2.45, 2.75) is 6.04 Å². The van der Waals surface area contributed by atoms with Crippen molar-refractivity contribution in [1.82, 2.24) is 5.32 Å². The van der Waals surface area contributed by atoms with Crippen LogP contribution in [0, 0.1) is 0 Å². The number of phenolic OH excluding ortho intramolecular Hbond substituents is 1. The number of nitrogens with one attached hydrogen (secondary N) is 1.